The van der Waals surface area contributed by atoms with E-state index >= 15 is 0 Å². The van der Waals surface area contributed by atoms with Crippen LogP contribution in [0, 0.1) is 10.1 Å². The van der Waals surface area contributed by atoms with E-state index in [2.05, 4.69) is 5.32 Å². The Morgan fingerprint density at radius 1 is 1.18 bits per heavy atom. The molecule has 2 aromatic carbocycles. The normalized spacial score (nSPS) is 13.7. The first-order chi connectivity index (χ1) is 13.5. The van der Waals surface area contributed by atoms with Gasteiger partial charge in [0.25, 0.3) is 11.6 Å². The van der Waals surface area contributed by atoms with Gasteiger partial charge in [-0.2, -0.15) is 0 Å². The lowest BCUT2D eigenvalue weighted by atomic mass is 10.1. The number of esters is 1. The lowest BCUT2D eigenvalue weighted by Gasteiger charge is -2.28. The number of benzene rings is 2. The van der Waals surface area contributed by atoms with Crippen molar-refractivity contribution in [3.05, 3.63) is 63.7 Å². The number of para-hydroxylation sites is 1. The highest BCUT2D eigenvalue weighted by Gasteiger charge is 2.24. The van der Waals surface area contributed by atoms with E-state index in [4.69, 9.17) is 9.47 Å². The van der Waals surface area contributed by atoms with Crippen molar-refractivity contribution in [3.63, 3.8) is 0 Å². The van der Waals surface area contributed by atoms with Gasteiger partial charge in [0.15, 0.2) is 0 Å². The summed E-state index contributed by atoms with van der Waals surface area (Å²) in [6.07, 6.45) is 0. The molecule has 3 rings (SSSR count). The fraction of sp³-hybridized carbons (Fsp3) is 0.263. The molecule has 1 aliphatic rings. The van der Waals surface area contributed by atoms with Gasteiger partial charge >= 0.3 is 5.97 Å². The molecule has 0 saturated carbocycles. The van der Waals surface area contributed by atoms with E-state index < -0.39 is 16.8 Å². The monoisotopic (exact) mass is 385 g/mol. The van der Waals surface area contributed by atoms with E-state index in [0.29, 0.717) is 32.0 Å². The van der Waals surface area contributed by atoms with Crippen LogP contribution in [0.5, 0.6) is 0 Å². The third-order valence-corrected chi connectivity index (χ3v) is 4.37. The number of nitrogens with zero attached hydrogens (tertiary/aromatic N) is 2. The van der Waals surface area contributed by atoms with Crippen LogP contribution < -0.4 is 10.2 Å². The molecule has 1 amide bonds. The summed E-state index contributed by atoms with van der Waals surface area (Å²) in [7, 11) is 1.24. The van der Waals surface area contributed by atoms with Gasteiger partial charge in [0.1, 0.15) is 5.69 Å². The molecule has 9 heteroatoms. The largest absolute Gasteiger partial charge is 0.465 e. The number of carbonyl (C=O) groups excluding carboxylic acids is 2. The number of nitro groups is 1. The second-order valence-corrected chi connectivity index (χ2v) is 6.05. The molecule has 0 bridgehead atoms. The van der Waals surface area contributed by atoms with Crippen LogP contribution in [0.15, 0.2) is 42.5 Å². The highest BCUT2D eigenvalue weighted by Crippen LogP contribution is 2.30. The molecule has 28 heavy (non-hydrogen) atoms. The minimum absolute atomic E-state index is 0.114. The minimum atomic E-state index is -0.593. The maximum atomic E-state index is 12.6. The minimum Gasteiger partial charge on any atom is -0.465 e. The van der Waals surface area contributed by atoms with E-state index in [1.807, 2.05) is 4.90 Å². The molecule has 1 aliphatic heterocycles. The molecule has 0 atom stereocenters. The quantitative estimate of drug-likeness (QED) is 0.478. The van der Waals surface area contributed by atoms with Crippen LogP contribution in [0.3, 0.4) is 0 Å². The van der Waals surface area contributed by atoms with Gasteiger partial charge in [0.2, 0.25) is 0 Å². The number of hydrogen-bond donors (Lipinski definition) is 1. The van der Waals surface area contributed by atoms with Crippen LogP contribution in [0.25, 0.3) is 0 Å². The number of methoxy groups -OCH3 is 1. The Kier molecular flexibility index (Phi) is 5.85. The fourth-order valence-corrected chi connectivity index (χ4v) is 2.96. The third kappa shape index (κ3) is 4.09. The zero-order valence-corrected chi connectivity index (χ0v) is 15.2. The number of rotatable bonds is 5. The molecule has 2 aromatic rings. The summed E-state index contributed by atoms with van der Waals surface area (Å²) in [6, 6.07) is 10.7. The van der Waals surface area contributed by atoms with Gasteiger partial charge in [0.05, 0.1) is 36.5 Å². The second kappa shape index (κ2) is 8.49. The molecule has 0 unspecified atom stereocenters. The molecule has 0 spiro atoms. The summed E-state index contributed by atoms with van der Waals surface area (Å²) in [6.45, 7) is 2.06. The molecule has 1 heterocycles. The lowest BCUT2D eigenvalue weighted by molar-refractivity contribution is -0.384. The van der Waals surface area contributed by atoms with Crippen LogP contribution in [-0.2, 0) is 9.47 Å². The number of hydrogen-bond acceptors (Lipinski definition) is 7. The standard InChI is InChI=1S/C19H19N3O6/c1-27-19(24)14-4-2-3-5-15(14)20-18(23)13-6-7-16(17(12-13)22(25)26)21-8-10-28-11-9-21/h2-7,12H,8-11H2,1H3,(H,20,23). The number of nitrogens with one attached hydrogen (secondary N) is 1. The van der Waals surface area contributed by atoms with E-state index in [1.165, 1.54) is 25.3 Å². The molecular formula is C19H19N3O6. The predicted molar refractivity (Wildman–Crippen MR) is 102 cm³/mol. The summed E-state index contributed by atoms with van der Waals surface area (Å²) in [5, 5.41) is 14.1. The van der Waals surface area contributed by atoms with Gasteiger partial charge in [-0.05, 0) is 24.3 Å². The summed E-state index contributed by atoms with van der Waals surface area (Å²) in [4.78, 5) is 37.3. The molecule has 1 saturated heterocycles. The number of morpholine rings is 1. The molecule has 0 radical (unpaired) electrons. The topological polar surface area (TPSA) is 111 Å². The van der Waals surface area contributed by atoms with Gasteiger partial charge in [0, 0.05) is 24.7 Å². The zero-order valence-electron chi connectivity index (χ0n) is 15.2. The average molecular weight is 385 g/mol. The Morgan fingerprint density at radius 2 is 1.89 bits per heavy atom. The maximum Gasteiger partial charge on any atom is 0.339 e. The number of carbonyl (C=O) groups is 2. The Hall–Kier alpha value is -3.46. The van der Waals surface area contributed by atoms with Crippen LogP contribution in [-0.4, -0.2) is 50.2 Å². The summed E-state index contributed by atoms with van der Waals surface area (Å²) in [5.74, 6) is -1.16. The number of nitro benzene ring substituents is 1. The first-order valence-electron chi connectivity index (χ1n) is 8.61. The van der Waals surface area contributed by atoms with Crippen molar-refractivity contribution >= 4 is 28.9 Å². The SMILES string of the molecule is COC(=O)c1ccccc1NC(=O)c1ccc(N2CCOCC2)c([N+](=O)[O-])c1. The van der Waals surface area contributed by atoms with Crippen molar-refractivity contribution < 1.29 is 24.0 Å². The van der Waals surface area contributed by atoms with E-state index in [9.17, 15) is 19.7 Å². The lowest BCUT2D eigenvalue weighted by Crippen LogP contribution is -2.36. The molecule has 1 N–H and O–H groups in total. The average Bonchev–Trinajstić information content (AvgIpc) is 2.73. The van der Waals surface area contributed by atoms with Gasteiger partial charge in [-0.1, -0.05) is 12.1 Å². The first kappa shape index (κ1) is 19.3. The van der Waals surface area contributed by atoms with Crippen LogP contribution in [0.2, 0.25) is 0 Å². The second-order valence-electron chi connectivity index (χ2n) is 6.05. The van der Waals surface area contributed by atoms with Crippen molar-refractivity contribution in [1.29, 1.82) is 0 Å². The third-order valence-electron chi connectivity index (χ3n) is 4.37. The van der Waals surface area contributed by atoms with E-state index in [-0.39, 0.29) is 22.5 Å². The molecule has 146 valence electrons. The highest BCUT2D eigenvalue weighted by atomic mass is 16.6. The van der Waals surface area contributed by atoms with Gasteiger partial charge < -0.3 is 19.7 Å². The zero-order chi connectivity index (χ0) is 20.1. The van der Waals surface area contributed by atoms with Crippen LogP contribution in [0.1, 0.15) is 20.7 Å². The molecule has 9 nitrogen and oxygen atoms in total. The smallest absolute Gasteiger partial charge is 0.339 e. The number of amides is 1. The van der Waals surface area contributed by atoms with Crippen molar-refractivity contribution in [2.45, 2.75) is 0 Å². The Labute approximate surface area is 161 Å². The Balaban J connectivity index is 1.88. The van der Waals surface area contributed by atoms with Crippen molar-refractivity contribution in [2.24, 2.45) is 0 Å². The molecule has 1 fully saturated rings. The summed E-state index contributed by atoms with van der Waals surface area (Å²) >= 11 is 0. The predicted octanol–water partition coefficient (Wildman–Crippen LogP) is 2.47. The Bertz CT molecular complexity index is 908. The molecule has 0 aromatic heterocycles. The van der Waals surface area contributed by atoms with E-state index in [1.54, 1.807) is 24.3 Å². The van der Waals surface area contributed by atoms with Gasteiger partial charge in [-0.15, -0.1) is 0 Å². The number of ether oxygens (including phenoxy) is 2. The highest BCUT2D eigenvalue weighted by molar-refractivity contribution is 6.08. The first-order valence-corrected chi connectivity index (χ1v) is 8.61. The van der Waals surface area contributed by atoms with E-state index in [0.717, 1.165) is 0 Å². The van der Waals surface area contributed by atoms with Crippen LogP contribution in [0.4, 0.5) is 17.1 Å². The van der Waals surface area contributed by atoms with Crippen molar-refractivity contribution in [3.8, 4) is 0 Å². The molecular weight excluding hydrogens is 366 g/mol. The fourth-order valence-electron chi connectivity index (χ4n) is 2.96. The van der Waals surface area contributed by atoms with Crippen molar-refractivity contribution in [1.82, 2.24) is 0 Å². The number of anilines is 2. The van der Waals surface area contributed by atoms with Gasteiger partial charge in [-0.25, -0.2) is 4.79 Å². The maximum absolute atomic E-state index is 12.6. The van der Waals surface area contributed by atoms with Crippen LogP contribution >= 0.6 is 0 Å². The Morgan fingerprint density at radius 3 is 2.57 bits per heavy atom. The summed E-state index contributed by atoms with van der Waals surface area (Å²) < 4.78 is 9.98. The van der Waals surface area contributed by atoms with Gasteiger partial charge in [-0.3, -0.25) is 14.9 Å². The molecule has 0 aliphatic carbocycles. The summed E-state index contributed by atoms with van der Waals surface area (Å²) in [5.41, 5.74) is 0.857. The van der Waals surface area contributed by atoms with Crippen molar-refractivity contribution in [2.75, 3.05) is 43.6 Å².